The Labute approximate surface area is 115 Å². The van der Waals surface area contributed by atoms with Crippen LogP contribution < -0.4 is 0 Å². The maximum atomic E-state index is 13.8. The summed E-state index contributed by atoms with van der Waals surface area (Å²) in [6.45, 7) is 3.79. The molecule has 2 nitrogen and oxygen atoms in total. The molecule has 1 aromatic heterocycles. The lowest BCUT2D eigenvalue weighted by atomic mass is 10.1. The van der Waals surface area contributed by atoms with Crippen molar-refractivity contribution in [1.82, 2.24) is 9.97 Å². The van der Waals surface area contributed by atoms with Gasteiger partial charge in [0.2, 0.25) is 0 Å². The normalized spacial score (nSPS) is 10.7. The highest BCUT2D eigenvalue weighted by molar-refractivity contribution is 6.33. The van der Waals surface area contributed by atoms with Crippen LogP contribution in [0, 0.1) is 12.7 Å². The van der Waals surface area contributed by atoms with E-state index < -0.39 is 5.82 Å². The molecule has 0 aliphatic rings. The zero-order valence-electron chi connectivity index (χ0n) is 9.97. The van der Waals surface area contributed by atoms with E-state index in [0.717, 1.165) is 17.7 Å². The minimum absolute atomic E-state index is 0.187. The zero-order valence-corrected chi connectivity index (χ0v) is 11.5. The minimum atomic E-state index is -0.456. The second-order valence-corrected chi connectivity index (χ2v) is 4.62. The first-order valence-corrected chi connectivity index (χ1v) is 6.27. The van der Waals surface area contributed by atoms with E-state index in [-0.39, 0.29) is 16.4 Å². The van der Waals surface area contributed by atoms with Crippen molar-refractivity contribution in [3.05, 3.63) is 45.4 Å². The van der Waals surface area contributed by atoms with Gasteiger partial charge in [-0.25, -0.2) is 14.4 Å². The Kier molecular flexibility index (Phi) is 3.83. The van der Waals surface area contributed by atoms with Crippen molar-refractivity contribution in [2.24, 2.45) is 0 Å². The molecular weight excluding hydrogens is 274 g/mol. The molecule has 2 rings (SSSR count). The SMILES string of the molecule is CCc1c(C)nc(-c2c(F)cccc2Cl)nc1Cl. The molecule has 1 aromatic carbocycles. The van der Waals surface area contributed by atoms with Crippen LogP contribution in [0.4, 0.5) is 4.39 Å². The highest BCUT2D eigenvalue weighted by Crippen LogP contribution is 2.30. The van der Waals surface area contributed by atoms with E-state index in [9.17, 15) is 4.39 Å². The molecule has 0 radical (unpaired) electrons. The fourth-order valence-electron chi connectivity index (χ4n) is 1.79. The highest BCUT2D eigenvalue weighted by atomic mass is 35.5. The molecule has 1 heterocycles. The molecule has 0 spiro atoms. The van der Waals surface area contributed by atoms with Gasteiger partial charge >= 0.3 is 0 Å². The van der Waals surface area contributed by atoms with Gasteiger partial charge in [-0.3, -0.25) is 0 Å². The van der Waals surface area contributed by atoms with Crippen molar-refractivity contribution in [3.63, 3.8) is 0 Å². The summed E-state index contributed by atoms with van der Waals surface area (Å²) in [4.78, 5) is 8.40. The molecule has 0 atom stereocenters. The van der Waals surface area contributed by atoms with Crippen LogP contribution >= 0.6 is 23.2 Å². The first-order valence-electron chi connectivity index (χ1n) is 5.52. The quantitative estimate of drug-likeness (QED) is 0.761. The third-order valence-corrected chi connectivity index (χ3v) is 3.33. The number of aryl methyl sites for hydroxylation is 1. The van der Waals surface area contributed by atoms with Gasteiger partial charge < -0.3 is 0 Å². The molecule has 0 amide bonds. The van der Waals surface area contributed by atoms with Gasteiger partial charge in [0.05, 0.1) is 10.6 Å². The fourth-order valence-corrected chi connectivity index (χ4v) is 2.38. The van der Waals surface area contributed by atoms with E-state index in [1.807, 2.05) is 13.8 Å². The summed E-state index contributed by atoms with van der Waals surface area (Å²) in [7, 11) is 0. The number of halogens is 3. The number of hydrogen-bond acceptors (Lipinski definition) is 2. The molecule has 94 valence electrons. The van der Waals surface area contributed by atoms with Crippen LogP contribution in [0.1, 0.15) is 18.2 Å². The topological polar surface area (TPSA) is 25.8 Å². The molecule has 0 unspecified atom stereocenters. The predicted octanol–water partition coefficient (Wildman–Crippen LogP) is 4.46. The number of benzene rings is 1. The summed E-state index contributed by atoms with van der Waals surface area (Å²) in [6.07, 6.45) is 0.732. The lowest BCUT2D eigenvalue weighted by Gasteiger charge is -2.09. The summed E-state index contributed by atoms with van der Waals surface area (Å²) in [5, 5.41) is 0.619. The smallest absolute Gasteiger partial charge is 0.165 e. The Hall–Kier alpha value is -1.19. The largest absolute Gasteiger partial charge is 0.233 e. The highest BCUT2D eigenvalue weighted by Gasteiger charge is 2.15. The van der Waals surface area contributed by atoms with Crippen molar-refractivity contribution in [3.8, 4) is 11.4 Å². The summed E-state index contributed by atoms with van der Waals surface area (Å²) in [6, 6.07) is 4.46. The maximum Gasteiger partial charge on any atom is 0.165 e. The second-order valence-electron chi connectivity index (χ2n) is 3.85. The molecule has 0 aliphatic carbocycles. The van der Waals surface area contributed by atoms with E-state index in [0.29, 0.717) is 5.15 Å². The third-order valence-electron chi connectivity index (χ3n) is 2.70. The molecular formula is C13H11Cl2FN2. The van der Waals surface area contributed by atoms with Crippen molar-refractivity contribution in [1.29, 1.82) is 0 Å². The van der Waals surface area contributed by atoms with Gasteiger partial charge in [-0.15, -0.1) is 0 Å². The van der Waals surface area contributed by atoms with Crippen molar-refractivity contribution in [2.45, 2.75) is 20.3 Å². The first kappa shape index (κ1) is 13.2. The fraction of sp³-hybridized carbons (Fsp3) is 0.231. The molecule has 0 saturated carbocycles. The van der Waals surface area contributed by atoms with Crippen molar-refractivity contribution >= 4 is 23.2 Å². The third kappa shape index (κ3) is 2.33. The summed E-state index contributed by atoms with van der Waals surface area (Å²) >= 11 is 12.1. The van der Waals surface area contributed by atoms with Gasteiger partial charge in [0.25, 0.3) is 0 Å². The number of aromatic nitrogens is 2. The molecule has 0 bridgehead atoms. The Morgan fingerprint density at radius 2 is 1.94 bits per heavy atom. The van der Waals surface area contributed by atoms with Gasteiger partial charge in [-0.2, -0.15) is 0 Å². The molecule has 0 N–H and O–H groups in total. The summed E-state index contributed by atoms with van der Waals surface area (Å²) in [5.41, 5.74) is 1.80. The van der Waals surface area contributed by atoms with Gasteiger partial charge in [-0.05, 0) is 25.5 Å². The summed E-state index contributed by atoms with van der Waals surface area (Å²) < 4.78 is 13.8. The van der Waals surface area contributed by atoms with Crippen LogP contribution in [-0.4, -0.2) is 9.97 Å². The van der Waals surface area contributed by atoms with Crippen LogP contribution in [0.5, 0.6) is 0 Å². The minimum Gasteiger partial charge on any atom is -0.233 e. The zero-order chi connectivity index (χ0) is 13.3. The number of hydrogen-bond donors (Lipinski definition) is 0. The Morgan fingerprint density at radius 1 is 1.22 bits per heavy atom. The number of rotatable bonds is 2. The average Bonchev–Trinajstić information content (AvgIpc) is 2.28. The predicted molar refractivity (Wildman–Crippen MR) is 71.6 cm³/mol. The Balaban J connectivity index is 2.66. The van der Waals surface area contributed by atoms with Crippen molar-refractivity contribution in [2.75, 3.05) is 0 Å². The van der Waals surface area contributed by atoms with Crippen LogP contribution in [0.15, 0.2) is 18.2 Å². The number of nitrogens with zero attached hydrogens (tertiary/aromatic N) is 2. The van der Waals surface area contributed by atoms with Gasteiger partial charge in [-0.1, -0.05) is 36.2 Å². The molecule has 18 heavy (non-hydrogen) atoms. The van der Waals surface area contributed by atoms with Gasteiger partial charge in [0.15, 0.2) is 5.82 Å². The van der Waals surface area contributed by atoms with Crippen molar-refractivity contribution < 1.29 is 4.39 Å². The molecule has 2 aromatic rings. The molecule has 0 aliphatic heterocycles. The van der Waals surface area contributed by atoms with E-state index in [4.69, 9.17) is 23.2 Å². The van der Waals surface area contributed by atoms with Crippen LogP contribution in [0.25, 0.3) is 11.4 Å². The van der Waals surface area contributed by atoms with Gasteiger partial charge in [0.1, 0.15) is 11.0 Å². The second kappa shape index (κ2) is 5.21. The monoisotopic (exact) mass is 284 g/mol. The van der Waals surface area contributed by atoms with Crippen LogP contribution in [-0.2, 0) is 6.42 Å². The molecule has 5 heteroatoms. The van der Waals surface area contributed by atoms with E-state index in [2.05, 4.69) is 9.97 Å². The van der Waals surface area contributed by atoms with E-state index >= 15 is 0 Å². The Morgan fingerprint density at radius 3 is 2.50 bits per heavy atom. The standard InChI is InChI=1S/C13H11Cl2FN2/c1-3-8-7(2)17-13(18-12(8)15)11-9(14)5-4-6-10(11)16/h4-6H,3H2,1-2H3. The molecule has 0 saturated heterocycles. The summed E-state index contributed by atoms with van der Waals surface area (Å²) in [5.74, 6) is -0.236. The lowest BCUT2D eigenvalue weighted by molar-refractivity contribution is 0.630. The molecule has 0 fully saturated rings. The van der Waals surface area contributed by atoms with E-state index in [1.165, 1.54) is 12.1 Å². The van der Waals surface area contributed by atoms with Gasteiger partial charge in [0, 0.05) is 11.3 Å². The van der Waals surface area contributed by atoms with Crippen LogP contribution in [0.3, 0.4) is 0 Å². The maximum absolute atomic E-state index is 13.8. The first-order chi connectivity index (χ1) is 8.54. The average molecular weight is 285 g/mol. The Bertz CT molecular complexity index is 556. The lowest BCUT2D eigenvalue weighted by Crippen LogP contribution is -2.00. The van der Waals surface area contributed by atoms with E-state index in [1.54, 1.807) is 6.07 Å². The van der Waals surface area contributed by atoms with Crippen LogP contribution in [0.2, 0.25) is 10.2 Å².